The quantitative estimate of drug-likeness (QED) is 0.600. The first-order valence-electron chi connectivity index (χ1n) is 8.31. The van der Waals surface area contributed by atoms with Gasteiger partial charge in [-0.2, -0.15) is 0 Å². The maximum Gasteiger partial charge on any atom is 0.257 e. The summed E-state index contributed by atoms with van der Waals surface area (Å²) < 4.78 is 0. The number of aryl methyl sites for hydroxylation is 2. The lowest BCUT2D eigenvalue weighted by atomic mass is 10.1. The Labute approximate surface area is 165 Å². The topological polar surface area (TPSA) is 71.1 Å². The number of thiazole rings is 1. The lowest BCUT2D eigenvalue weighted by Gasteiger charge is -2.05. The van der Waals surface area contributed by atoms with E-state index in [4.69, 9.17) is 0 Å². The van der Waals surface area contributed by atoms with Gasteiger partial charge in [-0.1, -0.05) is 18.7 Å². The lowest BCUT2D eigenvalue weighted by molar-refractivity contribution is -0.116. The summed E-state index contributed by atoms with van der Waals surface area (Å²) in [5, 5.41) is 6.15. The standard InChI is InChI=1S/C20H19N3O2S2/c1-4-17(24)21-11-14-6-8-15(9-7-14)19(25)23-20-22-18(13(3)27-20)16-10-5-12(2)26-16/h4-10H,1,11H2,2-3H3,(H,21,24)(H,22,23,25). The van der Waals surface area contributed by atoms with E-state index in [-0.39, 0.29) is 11.8 Å². The Kier molecular flexibility index (Phi) is 5.83. The smallest absolute Gasteiger partial charge is 0.257 e. The zero-order valence-electron chi connectivity index (χ0n) is 15.0. The Morgan fingerprint density at radius 3 is 2.48 bits per heavy atom. The molecule has 3 aromatic rings. The summed E-state index contributed by atoms with van der Waals surface area (Å²) in [7, 11) is 0. The monoisotopic (exact) mass is 397 g/mol. The minimum atomic E-state index is -0.229. The molecule has 5 nitrogen and oxygen atoms in total. The summed E-state index contributed by atoms with van der Waals surface area (Å²) in [5.41, 5.74) is 2.36. The average Bonchev–Trinajstić information content (AvgIpc) is 3.25. The Hall–Kier alpha value is -2.77. The highest BCUT2D eigenvalue weighted by Crippen LogP contribution is 2.34. The van der Waals surface area contributed by atoms with Gasteiger partial charge in [0.15, 0.2) is 5.13 Å². The van der Waals surface area contributed by atoms with Gasteiger partial charge >= 0.3 is 0 Å². The number of hydrogen-bond donors (Lipinski definition) is 2. The van der Waals surface area contributed by atoms with E-state index in [0.717, 1.165) is 21.0 Å². The van der Waals surface area contributed by atoms with E-state index in [1.54, 1.807) is 23.5 Å². The van der Waals surface area contributed by atoms with Gasteiger partial charge in [0.2, 0.25) is 5.91 Å². The largest absolute Gasteiger partial charge is 0.348 e. The maximum absolute atomic E-state index is 12.5. The van der Waals surface area contributed by atoms with Crippen molar-refractivity contribution in [2.45, 2.75) is 20.4 Å². The van der Waals surface area contributed by atoms with E-state index >= 15 is 0 Å². The third-order valence-electron chi connectivity index (χ3n) is 3.86. The molecule has 27 heavy (non-hydrogen) atoms. The van der Waals surface area contributed by atoms with Crippen molar-refractivity contribution in [3.63, 3.8) is 0 Å². The SMILES string of the molecule is C=CC(=O)NCc1ccc(C(=O)Nc2nc(-c3ccc(C)s3)c(C)s2)cc1. The average molecular weight is 398 g/mol. The number of nitrogens with one attached hydrogen (secondary N) is 2. The van der Waals surface area contributed by atoms with Crippen LogP contribution < -0.4 is 10.6 Å². The normalized spacial score (nSPS) is 10.4. The number of carbonyl (C=O) groups is 2. The van der Waals surface area contributed by atoms with Crippen molar-refractivity contribution in [2.24, 2.45) is 0 Å². The summed E-state index contributed by atoms with van der Waals surface area (Å²) in [6.07, 6.45) is 1.23. The molecule has 0 bridgehead atoms. The van der Waals surface area contributed by atoms with Crippen molar-refractivity contribution in [1.29, 1.82) is 0 Å². The number of anilines is 1. The number of rotatable bonds is 6. The molecule has 7 heteroatoms. The number of amides is 2. The van der Waals surface area contributed by atoms with Crippen molar-refractivity contribution in [3.05, 3.63) is 69.9 Å². The summed E-state index contributed by atoms with van der Waals surface area (Å²) in [6, 6.07) is 11.2. The molecule has 0 saturated carbocycles. The first-order valence-corrected chi connectivity index (χ1v) is 9.94. The van der Waals surface area contributed by atoms with E-state index in [1.165, 1.54) is 22.3 Å². The molecule has 0 radical (unpaired) electrons. The highest BCUT2D eigenvalue weighted by Gasteiger charge is 2.14. The predicted molar refractivity (Wildman–Crippen MR) is 111 cm³/mol. The van der Waals surface area contributed by atoms with Crippen molar-refractivity contribution < 1.29 is 9.59 Å². The van der Waals surface area contributed by atoms with Crippen LogP contribution in [0, 0.1) is 13.8 Å². The fraction of sp³-hybridized carbons (Fsp3) is 0.150. The molecule has 0 fully saturated rings. The van der Waals surface area contributed by atoms with Gasteiger partial charge in [-0.05, 0) is 49.8 Å². The van der Waals surface area contributed by atoms with Crippen molar-refractivity contribution >= 4 is 39.6 Å². The van der Waals surface area contributed by atoms with Gasteiger partial charge in [0.25, 0.3) is 5.91 Å². The molecule has 0 aliphatic carbocycles. The van der Waals surface area contributed by atoms with Gasteiger partial charge in [0.05, 0.1) is 10.6 Å². The minimum absolute atomic E-state index is 0.209. The summed E-state index contributed by atoms with van der Waals surface area (Å²) >= 11 is 3.15. The molecule has 2 amide bonds. The number of aromatic nitrogens is 1. The second-order valence-electron chi connectivity index (χ2n) is 5.91. The van der Waals surface area contributed by atoms with Crippen LogP contribution in [-0.4, -0.2) is 16.8 Å². The summed E-state index contributed by atoms with van der Waals surface area (Å²) in [5.74, 6) is -0.438. The first-order chi connectivity index (χ1) is 13.0. The summed E-state index contributed by atoms with van der Waals surface area (Å²) in [6.45, 7) is 7.86. The second kappa shape index (κ2) is 8.28. The molecule has 0 spiro atoms. The molecule has 1 aromatic carbocycles. The van der Waals surface area contributed by atoms with Crippen molar-refractivity contribution in [3.8, 4) is 10.6 Å². The number of hydrogen-bond acceptors (Lipinski definition) is 5. The van der Waals surface area contributed by atoms with Crippen molar-refractivity contribution in [1.82, 2.24) is 10.3 Å². The van der Waals surface area contributed by atoms with Gasteiger partial charge in [-0.25, -0.2) is 4.98 Å². The van der Waals surface area contributed by atoms with E-state index in [9.17, 15) is 9.59 Å². The molecule has 0 atom stereocenters. The number of benzene rings is 1. The number of thiophene rings is 1. The van der Waals surface area contributed by atoms with Crippen LogP contribution in [0.25, 0.3) is 10.6 Å². The molecule has 0 unspecified atom stereocenters. The fourth-order valence-corrected chi connectivity index (χ4v) is 4.25. The van der Waals surface area contributed by atoms with Crippen LogP contribution >= 0.6 is 22.7 Å². The van der Waals surface area contributed by atoms with E-state index in [1.807, 2.05) is 19.1 Å². The van der Waals surface area contributed by atoms with Gasteiger partial charge < -0.3 is 5.32 Å². The Morgan fingerprint density at radius 1 is 1.11 bits per heavy atom. The second-order valence-corrected chi connectivity index (χ2v) is 8.40. The third-order valence-corrected chi connectivity index (χ3v) is 5.75. The van der Waals surface area contributed by atoms with Crippen LogP contribution in [0.15, 0.2) is 49.1 Å². The maximum atomic E-state index is 12.5. The molecule has 2 N–H and O–H groups in total. The Bertz CT molecular complexity index is 987. The van der Waals surface area contributed by atoms with Crippen molar-refractivity contribution in [2.75, 3.05) is 5.32 Å². The summed E-state index contributed by atoms with van der Waals surface area (Å²) in [4.78, 5) is 31.7. The zero-order valence-corrected chi connectivity index (χ0v) is 16.7. The highest BCUT2D eigenvalue weighted by atomic mass is 32.1. The molecule has 2 heterocycles. The fourth-order valence-electron chi connectivity index (χ4n) is 2.44. The van der Waals surface area contributed by atoms with Crippen LogP contribution in [0.3, 0.4) is 0 Å². The van der Waals surface area contributed by atoms with Gasteiger partial charge in [0, 0.05) is 21.9 Å². The van der Waals surface area contributed by atoms with Gasteiger partial charge in [0.1, 0.15) is 0 Å². The van der Waals surface area contributed by atoms with E-state index in [0.29, 0.717) is 17.2 Å². The first kappa shape index (κ1) is 19.0. The zero-order chi connectivity index (χ0) is 19.4. The van der Waals surface area contributed by atoms with Crippen LogP contribution in [0.4, 0.5) is 5.13 Å². The van der Waals surface area contributed by atoms with Crippen LogP contribution in [0.2, 0.25) is 0 Å². The van der Waals surface area contributed by atoms with Gasteiger partial charge in [-0.15, -0.1) is 22.7 Å². The Balaban J connectivity index is 1.67. The molecule has 3 rings (SSSR count). The molecular formula is C20H19N3O2S2. The Morgan fingerprint density at radius 2 is 1.85 bits per heavy atom. The predicted octanol–water partition coefficient (Wildman–Crippen LogP) is 4.54. The molecule has 0 saturated heterocycles. The third kappa shape index (κ3) is 4.69. The van der Waals surface area contributed by atoms with Crippen LogP contribution in [0.5, 0.6) is 0 Å². The van der Waals surface area contributed by atoms with Crippen LogP contribution in [-0.2, 0) is 11.3 Å². The molecule has 2 aromatic heterocycles. The van der Waals surface area contributed by atoms with E-state index in [2.05, 4.69) is 41.3 Å². The van der Waals surface area contributed by atoms with Crippen LogP contribution in [0.1, 0.15) is 25.7 Å². The molecule has 0 aliphatic heterocycles. The molecule has 0 aliphatic rings. The highest BCUT2D eigenvalue weighted by molar-refractivity contribution is 7.18. The number of carbonyl (C=O) groups excluding carboxylic acids is 2. The minimum Gasteiger partial charge on any atom is -0.348 e. The molecular weight excluding hydrogens is 378 g/mol. The molecule has 138 valence electrons. The van der Waals surface area contributed by atoms with E-state index < -0.39 is 0 Å². The number of nitrogens with zero attached hydrogens (tertiary/aromatic N) is 1. The van der Waals surface area contributed by atoms with Gasteiger partial charge in [-0.3, -0.25) is 14.9 Å². The lowest BCUT2D eigenvalue weighted by Crippen LogP contribution is -2.20.